The molecule has 3 aromatic rings. The largest absolute Gasteiger partial charge is 0.344 e. The zero-order chi connectivity index (χ0) is 14.7. The summed E-state index contributed by atoms with van der Waals surface area (Å²) in [7, 11) is 2.00. The van der Waals surface area contributed by atoms with Crippen molar-refractivity contribution in [1.82, 2.24) is 0 Å². The Kier molecular flexibility index (Phi) is 3.69. The van der Waals surface area contributed by atoms with Crippen LogP contribution in [0.3, 0.4) is 0 Å². The van der Waals surface area contributed by atoms with Crippen molar-refractivity contribution in [1.29, 1.82) is 0 Å². The number of hydrogen-bond acceptors (Lipinski definition) is 1. The average Bonchev–Trinajstić information content (AvgIpc) is 2.56. The Balaban J connectivity index is 2.11. The lowest BCUT2D eigenvalue weighted by Gasteiger charge is -2.23. The maximum absolute atomic E-state index is 13.7. The molecule has 0 bridgehead atoms. The van der Waals surface area contributed by atoms with Crippen molar-refractivity contribution in [2.24, 2.45) is 0 Å². The number of benzene rings is 3. The normalized spacial score (nSPS) is 10.4. The van der Waals surface area contributed by atoms with E-state index in [1.807, 2.05) is 73.8 Å². The van der Waals surface area contributed by atoms with Gasteiger partial charge in [0.1, 0.15) is 5.82 Å². The van der Waals surface area contributed by atoms with E-state index in [-0.39, 0.29) is 5.82 Å². The summed E-state index contributed by atoms with van der Waals surface area (Å²) in [5.41, 5.74) is 3.95. The van der Waals surface area contributed by atoms with E-state index in [9.17, 15) is 4.39 Å². The van der Waals surface area contributed by atoms with E-state index in [1.165, 1.54) is 6.07 Å². The Morgan fingerprint density at radius 2 is 1.38 bits per heavy atom. The topological polar surface area (TPSA) is 3.24 Å². The first kappa shape index (κ1) is 13.4. The van der Waals surface area contributed by atoms with Gasteiger partial charge in [-0.05, 0) is 35.9 Å². The van der Waals surface area contributed by atoms with Gasteiger partial charge in [0.2, 0.25) is 0 Å². The Morgan fingerprint density at radius 3 is 2.05 bits per heavy atom. The van der Waals surface area contributed by atoms with Crippen LogP contribution in [0.15, 0.2) is 78.9 Å². The molecule has 0 aromatic heterocycles. The molecule has 0 aliphatic carbocycles. The van der Waals surface area contributed by atoms with Crippen molar-refractivity contribution in [3.8, 4) is 11.1 Å². The Bertz CT molecular complexity index is 723. The fourth-order valence-electron chi connectivity index (χ4n) is 2.44. The maximum atomic E-state index is 13.7. The highest BCUT2D eigenvalue weighted by atomic mass is 19.1. The first-order valence-corrected chi connectivity index (χ1v) is 6.89. The van der Waals surface area contributed by atoms with Gasteiger partial charge in [-0.25, -0.2) is 4.39 Å². The Morgan fingerprint density at radius 1 is 0.762 bits per heavy atom. The molecule has 0 aliphatic rings. The number of nitrogens with zero attached hydrogens (tertiary/aromatic N) is 1. The maximum Gasteiger partial charge on any atom is 0.123 e. The van der Waals surface area contributed by atoms with Gasteiger partial charge in [0, 0.05) is 24.0 Å². The predicted molar refractivity (Wildman–Crippen MR) is 86.3 cm³/mol. The van der Waals surface area contributed by atoms with Crippen LogP contribution in [0.1, 0.15) is 0 Å². The Labute approximate surface area is 124 Å². The highest BCUT2D eigenvalue weighted by molar-refractivity contribution is 5.82. The van der Waals surface area contributed by atoms with E-state index in [0.29, 0.717) is 0 Å². The lowest BCUT2D eigenvalue weighted by atomic mass is 10.0. The van der Waals surface area contributed by atoms with Gasteiger partial charge in [0.25, 0.3) is 0 Å². The first-order valence-electron chi connectivity index (χ1n) is 6.89. The highest BCUT2D eigenvalue weighted by Gasteiger charge is 2.11. The highest BCUT2D eigenvalue weighted by Crippen LogP contribution is 2.34. The number of anilines is 2. The molecule has 3 aromatic carbocycles. The summed E-state index contributed by atoms with van der Waals surface area (Å²) in [5, 5.41) is 0. The second kappa shape index (κ2) is 5.80. The minimum absolute atomic E-state index is 0.223. The SMILES string of the molecule is CN(c1ccccc1)c1ccc(F)cc1-c1ccccc1. The summed E-state index contributed by atoms with van der Waals surface area (Å²) in [6.45, 7) is 0. The summed E-state index contributed by atoms with van der Waals surface area (Å²) >= 11 is 0. The van der Waals surface area contributed by atoms with E-state index < -0.39 is 0 Å². The van der Waals surface area contributed by atoms with Crippen LogP contribution in [-0.4, -0.2) is 7.05 Å². The van der Waals surface area contributed by atoms with Crippen LogP contribution < -0.4 is 4.90 Å². The molecule has 0 amide bonds. The number of rotatable bonds is 3. The lowest BCUT2D eigenvalue weighted by molar-refractivity contribution is 0.628. The number of hydrogen-bond donors (Lipinski definition) is 0. The first-order chi connectivity index (χ1) is 10.3. The van der Waals surface area contributed by atoms with Gasteiger partial charge in [-0.1, -0.05) is 48.5 Å². The van der Waals surface area contributed by atoms with E-state index in [4.69, 9.17) is 0 Å². The van der Waals surface area contributed by atoms with Crippen molar-refractivity contribution >= 4 is 11.4 Å². The van der Waals surface area contributed by atoms with E-state index in [2.05, 4.69) is 4.90 Å². The van der Waals surface area contributed by atoms with Gasteiger partial charge >= 0.3 is 0 Å². The summed E-state index contributed by atoms with van der Waals surface area (Å²) in [4.78, 5) is 2.07. The molecule has 0 saturated carbocycles. The molecule has 0 fully saturated rings. The standard InChI is InChI=1S/C19H16FN/c1-21(17-10-6-3-7-11-17)19-13-12-16(20)14-18(19)15-8-4-2-5-9-15/h2-14H,1H3. The third-order valence-corrected chi connectivity index (χ3v) is 3.55. The fraction of sp³-hybridized carbons (Fsp3) is 0.0526. The minimum Gasteiger partial charge on any atom is -0.344 e. The van der Waals surface area contributed by atoms with Crippen LogP contribution in [0.25, 0.3) is 11.1 Å². The average molecular weight is 277 g/mol. The monoisotopic (exact) mass is 277 g/mol. The van der Waals surface area contributed by atoms with E-state index in [0.717, 1.165) is 22.5 Å². The van der Waals surface area contributed by atoms with Gasteiger partial charge < -0.3 is 4.90 Å². The third kappa shape index (κ3) is 2.79. The molecule has 1 nitrogen and oxygen atoms in total. The van der Waals surface area contributed by atoms with Gasteiger partial charge in [-0.2, -0.15) is 0 Å². The molecular formula is C19H16FN. The second-order valence-electron chi connectivity index (χ2n) is 4.92. The molecule has 2 heteroatoms. The van der Waals surface area contributed by atoms with Crippen LogP contribution in [-0.2, 0) is 0 Å². The number of halogens is 1. The van der Waals surface area contributed by atoms with Gasteiger partial charge in [0.15, 0.2) is 0 Å². The van der Waals surface area contributed by atoms with Crippen LogP contribution in [0.4, 0.5) is 15.8 Å². The zero-order valence-corrected chi connectivity index (χ0v) is 11.8. The molecule has 21 heavy (non-hydrogen) atoms. The van der Waals surface area contributed by atoms with Crippen LogP contribution in [0.2, 0.25) is 0 Å². The summed E-state index contributed by atoms with van der Waals surface area (Å²) in [5.74, 6) is -0.223. The summed E-state index contributed by atoms with van der Waals surface area (Å²) in [6.07, 6.45) is 0. The minimum atomic E-state index is -0.223. The molecule has 0 N–H and O–H groups in total. The van der Waals surface area contributed by atoms with Crippen molar-refractivity contribution in [3.63, 3.8) is 0 Å². The Hall–Kier alpha value is -2.61. The molecule has 0 saturated heterocycles. The van der Waals surface area contributed by atoms with Crippen LogP contribution >= 0.6 is 0 Å². The smallest absolute Gasteiger partial charge is 0.123 e. The van der Waals surface area contributed by atoms with Crippen molar-refractivity contribution < 1.29 is 4.39 Å². The summed E-state index contributed by atoms with van der Waals surface area (Å²) < 4.78 is 13.7. The molecule has 0 radical (unpaired) electrons. The molecule has 3 rings (SSSR count). The van der Waals surface area contributed by atoms with Crippen molar-refractivity contribution in [2.45, 2.75) is 0 Å². The fourth-order valence-corrected chi connectivity index (χ4v) is 2.44. The quantitative estimate of drug-likeness (QED) is 0.631. The zero-order valence-electron chi connectivity index (χ0n) is 11.8. The van der Waals surface area contributed by atoms with E-state index in [1.54, 1.807) is 6.07 Å². The second-order valence-corrected chi connectivity index (χ2v) is 4.92. The van der Waals surface area contributed by atoms with Gasteiger partial charge in [-0.15, -0.1) is 0 Å². The van der Waals surface area contributed by atoms with Gasteiger partial charge in [-0.3, -0.25) is 0 Å². The molecule has 0 heterocycles. The number of para-hydroxylation sites is 1. The molecule has 104 valence electrons. The molecule has 0 atom stereocenters. The van der Waals surface area contributed by atoms with Crippen molar-refractivity contribution in [2.75, 3.05) is 11.9 Å². The molecule has 0 aliphatic heterocycles. The van der Waals surface area contributed by atoms with Gasteiger partial charge in [0.05, 0.1) is 0 Å². The van der Waals surface area contributed by atoms with E-state index >= 15 is 0 Å². The lowest BCUT2D eigenvalue weighted by Crippen LogP contribution is -2.10. The van der Waals surface area contributed by atoms with Crippen molar-refractivity contribution in [3.05, 3.63) is 84.7 Å². The predicted octanol–water partition coefficient (Wildman–Crippen LogP) is 5.26. The molecule has 0 spiro atoms. The summed E-state index contributed by atoms with van der Waals surface area (Å²) in [6, 6.07) is 24.9. The van der Waals surface area contributed by atoms with Crippen LogP contribution in [0, 0.1) is 5.82 Å². The molecule has 0 unspecified atom stereocenters. The third-order valence-electron chi connectivity index (χ3n) is 3.55. The molecular weight excluding hydrogens is 261 g/mol. The van der Waals surface area contributed by atoms with Crippen LogP contribution in [0.5, 0.6) is 0 Å².